The number of ether oxygens (including phenoxy) is 1. The van der Waals surface area contributed by atoms with Gasteiger partial charge < -0.3 is 15.2 Å². The second-order valence-corrected chi connectivity index (χ2v) is 6.92. The molecule has 1 rings (SSSR count). The highest BCUT2D eigenvalue weighted by atomic mass is 19.1. The Morgan fingerprint density at radius 2 is 1.83 bits per heavy atom. The quantitative estimate of drug-likeness (QED) is 0.866. The van der Waals surface area contributed by atoms with Crippen molar-refractivity contribution in [2.75, 3.05) is 0 Å². The van der Waals surface area contributed by atoms with E-state index in [1.54, 1.807) is 34.6 Å². The first-order valence-corrected chi connectivity index (χ1v) is 7.47. The molecule has 0 saturated heterocycles. The standard InChI is InChI=1S/C17H24FNO4/c1-11(2)10-17(14(20)21,12-8-6-7-9-13(12)18)19-15(22)23-16(3,4)5/h6-9,11H,10H2,1-5H3,(H,19,22)(H,20,21). The number of carbonyl (C=O) groups excluding carboxylic acids is 1. The van der Waals surface area contributed by atoms with E-state index in [9.17, 15) is 19.1 Å². The average Bonchev–Trinajstić information content (AvgIpc) is 2.35. The molecule has 0 heterocycles. The first kappa shape index (κ1) is 18.9. The minimum Gasteiger partial charge on any atom is -0.479 e. The molecule has 0 aromatic heterocycles. The van der Waals surface area contributed by atoms with E-state index in [1.165, 1.54) is 24.3 Å². The normalized spacial score (nSPS) is 14.2. The SMILES string of the molecule is CC(C)CC(NC(=O)OC(C)(C)C)(C(=O)O)c1ccccc1F. The van der Waals surface area contributed by atoms with Crippen molar-refractivity contribution in [1.82, 2.24) is 5.32 Å². The number of halogens is 1. The van der Waals surface area contributed by atoms with Crippen LogP contribution in [0.1, 0.15) is 46.6 Å². The fraction of sp³-hybridized carbons (Fsp3) is 0.529. The molecule has 1 aromatic carbocycles. The molecule has 6 heteroatoms. The van der Waals surface area contributed by atoms with Crippen LogP contribution in [0.15, 0.2) is 24.3 Å². The zero-order valence-electron chi connectivity index (χ0n) is 14.1. The van der Waals surface area contributed by atoms with Gasteiger partial charge in [0.2, 0.25) is 0 Å². The lowest BCUT2D eigenvalue weighted by molar-refractivity contribution is -0.146. The number of rotatable bonds is 5. The first-order valence-electron chi connectivity index (χ1n) is 7.47. The van der Waals surface area contributed by atoms with Gasteiger partial charge in [-0.3, -0.25) is 0 Å². The Balaban J connectivity index is 3.33. The zero-order valence-corrected chi connectivity index (χ0v) is 14.1. The molecule has 0 fully saturated rings. The third-order valence-electron chi connectivity index (χ3n) is 3.13. The van der Waals surface area contributed by atoms with Crippen molar-refractivity contribution < 1.29 is 23.8 Å². The van der Waals surface area contributed by atoms with Gasteiger partial charge in [0.15, 0.2) is 5.54 Å². The molecule has 0 bridgehead atoms. The van der Waals surface area contributed by atoms with Gasteiger partial charge in [-0.25, -0.2) is 14.0 Å². The van der Waals surface area contributed by atoms with Crippen molar-refractivity contribution in [3.8, 4) is 0 Å². The van der Waals surface area contributed by atoms with Crippen LogP contribution in [-0.2, 0) is 15.1 Å². The number of amides is 1. The molecule has 0 spiro atoms. The first-order chi connectivity index (χ1) is 10.5. The van der Waals surface area contributed by atoms with Gasteiger partial charge in [0.1, 0.15) is 11.4 Å². The summed E-state index contributed by atoms with van der Waals surface area (Å²) in [6.45, 7) is 8.60. The van der Waals surface area contributed by atoms with E-state index in [4.69, 9.17) is 4.74 Å². The Morgan fingerprint density at radius 1 is 1.26 bits per heavy atom. The number of hydrogen-bond acceptors (Lipinski definition) is 3. The Bertz CT molecular complexity index is 580. The molecule has 0 radical (unpaired) electrons. The van der Waals surface area contributed by atoms with Crippen LogP contribution in [0.2, 0.25) is 0 Å². The molecular weight excluding hydrogens is 301 g/mol. The van der Waals surface area contributed by atoms with Gasteiger partial charge in [0, 0.05) is 5.56 Å². The summed E-state index contributed by atoms with van der Waals surface area (Å²) in [6.07, 6.45) is -0.869. The van der Waals surface area contributed by atoms with E-state index in [1.807, 2.05) is 0 Å². The molecule has 0 saturated carbocycles. The minimum absolute atomic E-state index is 0.0303. The van der Waals surface area contributed by atoms with Gasteiger partial charge >= 0.3 is 12.1 Å². The van der Waals surface area contributed by atoms with Crippen LogP contribution in [-0.4, -0.2) is 22.8 Å². The second-order valence-electron chi connectivity index (χ2n) is 6.92. The van der Waals surface area contributed by atoms with Crippen LogP contribution in [0.4, 0.5) is 9.18 Å². The largest absolute Gasteiger partial charge is 0.479 e. The summed E-state index contributed by atoms with van der Waals surface area (Å²) in [4.78, 5) is 24.1. The smallest absolute Gasteiger partial charge is 0.408 e. The van der Waals surface area contributed by atoms with Gasteiger partial charge in [-0.1, -0.05) is 32.0 Å². The number of carboxylic acids is 1. The van der Waals surface area contributed by atoms with E-state index < -0.39 is 29.0 Å². The molecule has 1 amide bonds. The Kier molecular flexibility index (Phi) is 5.75. The highest BCUT2D eigenvalue weighted by Crippen LogP contribution is 2.31. The number of carboxylic acid groups (broad SMARTS) is 1. The zero-order chi connectivity index (χ0) is 17.8. The molecule has 1 atom stereocenters. The van der Waals surface area contributed by atoms with Crippen molar-refractivity contribution in [3.63, 3.8) is 0 Å². The molecule has 0 aliphatic carbocycles. The summed E-state index contributed by atoms with van der Waals surface area (Å²) in [5.74, 6) is -2.12. The molecule has 0 aliphatic heterocycles. The van der Waals surface area contributed by atoms with Crippen molar-refractivity contribution >= 4 is 12.1 Å². The molecule has 23 heavy (non-hydrogen) atoms. The number of benzene rings is 1. The lowest BCUT2D eigenvalue weighted by atomic mass is 9.82. The van der Waals surface area contributed by atoms with Gasteiger partial charge in [-0.05, 0) is 39.2 Å². The number of carbonyl (C=O) groups is 2. The monoisotopic (exact) mass is 325 g/mol. The van der Waals surface area contributed by atoms with Gasteiger partial charge in [-0.2, -0.15) is 0 Å². The van der Waals surface area contributed by atoms with Gasteiger partial charge in [-0.15, -0.1) is 0 Å². The Labute approximate surface area is 135 Å². The van der Waals surface area contributed by atoms with Crippen LogP contribution in [0.3, 0.4) is 0 Å². The maximum Gasteiger partial charge on any atom is 0.408 e. The fourth-order valence-electron chi connectivity index (χ4n) is 2.38. The van der Waals surface area contributed by atoms with Crippen LogP contribution in [0.25, 0.3) is 0 Å². The number of nitrogens with one attached hydrogen (secondary N) is 1. The summed E-state index contributed by atoms with van der Waals surface area (Å²) >= 11 is 0. The third-order valence-corrected chi connectivity index (χ3v) is 3.13. The van der Waals surface area contributed by atoms with Crippen molar-refractivity contribution in [3.05, 3.63) is 35.6 Å². The summed E-state index contributed by atoms with van der Waals surface area (Å²) in [5.41, 5.74) is -2.77. The molecule has 1 aromatic rings. The highest BCUT2D eigenvalue weighted by Gasteiger charge is 2.45. The Morgan fingerprint density at radius 3 is 2.26 bits per heavy atom. The fourth-order valence-corrected chi connectivity index (χ4v) is 2.38. The molecule has 128 valence electrons. The lowest BCUT2D eigenvalue weighted by Crippen LogP contribution is -2.54. The summed E-state index contributed by atoms with van der Waals surface area (Å²) < 4.78 is 19.4. The van der Waals surface area contributed by atoms with Crippen LogP contribution in [0, 0.1) is 11.7 Å². The topological polar surface area (TPSA) is 75.6 Å². The van der Waals surface area contributed by atoms with Crippen molar-refractivity contribution in [2.24, 2.45) is 5.92 Å². The lowest BCUT2D eigenvalue weighted by Gasteiger charge is -2.33. The van der Waals surface area contributed by atoms with E-state index >= 15 is 0 Å². The molecule has 2 N–H and O–H groups in total. The summed E-state index contributed by atoms with van der Waals surface area (Å²) in [6, 6.07) is 5.54. The van der Waals surface area contributed by atoms with Crippen molar-refractivity contribution in [1.29, 1.82) is 0 Å². The predicted molar refractivity (Wildman–Crippen MR) is 84.5 cm³/mol. The minimum atomic E-state index is -1.89. The summed E-state index contributed by atoms with van der Waals surface area (Å²) in [5, 5.41) is 12.1. The van der Waals surface area contributed by atoms with E-state index in [-0.39, 0.29) is 17.9 Å². The predicted octanol–water partition coefficient (Wildman–Crippen LogP) is 3.68. The highest BCUT2D eigenvalue weighted by molar-refractivity contribution is 5.86. The number of alkyl carbamates (subject to hydrolysis) is 1. The molecule has 5 nitrogen and oxygen atoms in total. The van der Waals surface area contributed by atoms with E-state index in [2.05, 4.69) is 5.32 Å². The van der Waals surface area contributed by atoms with Gasteiger partial charge in [0.25, 0.3) is 0 Å². The van der Waals surface area contributed by atoms with Crippen molar-refractivity contribution in [2.45, 2.75) is 52.2 Å². The molecular formula is C17H24FNO4. The van der Waals surface area contributed by atoms with Crippen LogP contribution >= 0.6 is 0 Å². The second kappa shape index (κ2) is 6.98. The third kappa shape index (κ3) is 4.94. The van der Waals surface area contributed by atoms with E-state index in [0.29, 0.717) is 0 Å². The molecule has 0 aliphatic rings. The van der Waals surface area contributed by atoms with Crippen LogP contribution in [0.5, 0.6) is 0 Å². The summed E-state index contributed by atoms with van der Waals surface area (Å²) in [7, 11) is 0. The Hall–Kier alpha value is -2.11. The molecule has 1 unspecified atom stereocenters. The average molecular weight is 325 g/mol. The number of hydrogen-bond donors (Lipinski definition) is 2. The number of aliphatic carboxylic acids is 1. The van der Waals surface area contributed by atoms with Crippen LogP contribution < -0.4 is 5.32 Å². The maximum absolute atomic E-state index is 14.2. The van der Waals surface area contributed by atoms with E-state index in [0.717, 1.165) is 0 Å². The van der Waals surface area contributed by atoms with Gasteiger partial charge in [0.05, 0.1) is 0 Å². The maximum atomic E-state index is 14.2.